The molecule has 8 nitrogen and oxygen atoms in total. The largest absolute Gasteiger partial charge is 0.471 e. The second-order valence-corrected chi connectivity index (χ2v) is 11.6. The highest BCUT2D eigenvalue weighted by Crippen LogP contribution is 2.34. The quantitative estimate of drug-likeness (QED) is 0.451. The fraction of sp³-hybridized carbons (Fsp3) is 0.292. The summed E-state index contributed by atoms with van der Waals surface area (Å²) in [6.45, 7) is 0.955. The standard InChI is InChI=1S/C24H20Cl2F3N5O3S/c25-16-1-3-18(19(26)14-16)20-4-6-22(31-30-20)32-9-11-33(12-10-32)38(36,37)17-2-5-21-15(13-17)7-8-34(21)23(35)24(27,28)29/h1-6,13-14H,7-12H2. The molecule has 0 radical (unpaired) electrons. The molecule has 1 fully saturated rings. The minimum absolute atomic E-state index is 0.0185. The Morgan fingerprint density at radius 2 is 1.63 bits per heavy atom. The Morgan fingerprint density at radius 3 is 2.26 bits per heavy atom. The molecule has 0 unspecified atom stereocenters. The number of carbonyl (C=O) groups is 1. The van der Waals surface area contributed by atoms with Gasteiger partial charge in [-0.25, -0.2) is 8.42 Å². The number of sulfonamides is 1. The van der Waals surface area contributed by atoms with E-state index in [-0.39, 0.29) is 36.6 Å². The van der Waals surface area contributed by atoms with Gasteiger partial charge in [0, 0.05) is 49.0 Å². The highest BCUT2D eigenvalue weighted by Gasteiger charge is 2.45. The molecule has 1 amide bonds. The fourth-order valence-electron chi connectivity index (χ4n) is 4.54. The normalized spacial score (nSPS) is 16.6. The maximum Gasteiger partial charge on any atom is 0.471 e. The van der Waals surface area contributed by atoms with Crippen LogP contribution in [0.4, 0.5) is 24.7 Å². The molecule has 14 heteroatoms. The van der Waals surface area contributed by atoms with Gasteiger partial charge in [-0.3, -0.25) is 4.79 Å². The predicted octanol–water partition coefficient (Wildman–Crippen LogP) is 4.41. The second kappa shape index (κ2) is 9.99. The summed E-state index contributed by atoms with van der Waals surface area (Å²) >= 11 is 12.2. The average molecular weight is 586 g/mol. The molecular weight excluding hydrogens is 566 g/mol. The Labute approximate surface area is 226 Å². The van der Waals surface area contributed by atoms with Crippen molar-refractivity contribution in [3.05, 3.63) is 64.1 Å². The van der Waals surface area contributed by atoms with Gasteiger partial charge in [0.25, 0.3) is 0 Å². The number of alkyl halides is 3. The molecule has 0 bridgehead atoms. The molecule has 2 aliphatic heterocycles. The molecule has 0 aliphatic carbocycles. The number of hydrogen-bond donors (Lipinski definition) is 0. The van der Waals surface area contributed by atoms with Crippen molar-refractivity contribution in [1.82, 2.24) is 14.5 Å². The molecular formula is C24H20Cl2F3N5O3S. The number of carbonyl (C=O) groups excluding carboxylic acids is 1. The van der Waals surface area contributed by atoms with Gasteiger partial charge < -0.3 is 9.80 Å². The van der Waals surface area contributed by atoms with Crippen LogP contribution in [0.3, 0.4) is 0 Å². The van der Waals surface area contributed by atoms with Crippen molar-refractivity contribution in [2.45, 2.75) is 17.5 Å². The highest BCUT2D eigenvalue weighted by atomic mass is 35.5. The average Bonchev–Trinajstić information content (AvgIpc) is 3.31. The van der Waals surface area contributed by atoms with E-state index in [0.29, 0.717) is 50.7 Å². The van der Waals surface area contributed by atoms with E-state index in [4.69, 9.17) is 23.2 Å². The molecule has 3 aromatic rings. The lowest BCUT2D eigenvalue weighted by Crippen LogP contribution is -2.49. The molecule has 1 aromatic heterocycles. The van der Waals surface area contributed by atoms with Crippen LogP contribution in [0.15, 0.2) is 53.4 Å². The maximum atomic E-state index is 13.3. The zero-order valence-electron chi connectivity index (χ0n) is 19.6. The van der Waals surface area contributed by atoms with E-state index in [1.165, 1.54) is 22.5 Å². The highest BCUT2D eigenvalue weighted by molar-refractivity contribution is 7.89. The molecule has 0 saturated carbocycles. The van der Waals surface area contributed by atoms with Crippen molar-refractivity contribution in [1.29, 1.82) is 0 Å². The molecule has 0 atom stereocenters. The first-order valence-electron chi connectivity index (χ1n) is 11.5. The minimum Gasteiger partial charge on any atom is -0.352 e. The van der Waals surface area contributed by atoms with Gasteiger partial charge in [-0.05, 0) is 60.5 Å². The molecule has 1 saturated heterocycles. The lowest BCUT2D eigenvalue weighted by Gasteiger charge is -2.34. The monoisotopic (exact) mass is 585 g/mol. The summed E-state index contributed by atoms with van der Waals surface area (Å²) in [6, 6.07) is 12.5. The van der Waals surface area contributed by atoms with Crippen LogP contribution in [0.2, 0.25) is 10.0 Å². The number of rotatable bonds is 4. The van der Waals surface area contributed by atoms with Gasteiger partial charge in [0.05, 0.1) is 15.6 Å². The third-order valence-electron chi connectivity index (χ3n) is 6.49. The number of fused-ring (bicyclic) bond motifs is 1. The minimum atomic E-state index is -5.00. The van der Waals surface area contributed by atoms with E-state index >= 15 is 0 Å². The zero-order valence-corrected chi connectivity index (χ0v) is 21.9. The van der Waals surface area contributed by atoms with E-state index in [1.807, 2.05) is 4.90 Å². The van der Waals surface area contributed by atoms with Gasteiger partial charge in [-0.15, -0.1) is 10.2 Å². The van der Waals surface area contributed by atoms with Crippen molar-refractivity contribution in [2.24, 2.45) is 0 Å². The van der Waals surface area contributed by atoms with E-state index < -0.39 is 22.1 Å². The molecule has 38 heavy (non-hydrogen) atoms. The molecule has 2 aliphatic rings. The number of benzene rings is 2. The summed E-state index contributed by atoms with van der Waals surface area (Å²) in [5, 5.41) is 9.47. The van der Waals surface area contributed by atoms with Crippen LogP contribution >= 0.6 is 23.2 Å². The first-order chi connectivity index (χ1) is 17.9. The smallest absolute Gasteiger partial charge is 0.352 e. The van der Waals surface area contributed by atoms with Crippen LogP contribution in [0, 0.1) is 0 Å². The van der Waals surface area contributed by atoms with E-state index in [9.17, 15) is 26.4 Å². The van der Waals surface area contributed by atoms with Crippen molar-refractivity contribution in [3.63, 3.8) is 0 Å². The van der Waals surface area contributed by atoms with Gasteiger partial charge in [-0.2, -0.15) is 17.5 Å². The Bertz CT molecular complexity index is 1500. The summed E-state index contributed by atoms with van der Waals surface area (Å²) in [5.41, 5.74) is 1.73. The van der Waals surface area contributed by atoms with E-state index in [1.54, 1.807) is 30.3 Å². The summed E-state index contributed by atoms with van der Waals surface area (Å²) in [5.74, 6) is -1.38. The predicted molar refractivity (Wildman–Crippen MR) is 137 cm³/mol. The fourth-order valence-corrected chi connectivity index (χ4v) is 6.52. The van der Waals surface area contributed by atoms with Crippen molar-refractivity contribution in [3.8, 4) is 11.3 Å². The van der Waals surface area contributed by atoms with Crippen LogP contribution < -0.4 is 9.80 Å². The third kappa shape index (κ3) is 5.05. The Balaban J connectivity index is 1.26. The lowest BCUT2D eigenvalue weighted by molar-refractivity contribution is -0.170. The summed E-state index contributed by atoms with van der Waals surface area (Å²) in [7, 11) is -3.89. The Kier molecular flexibility index (Phi) is 7.01. The zero-order chi connectivity index (χ0) is 27.2. The second-order valence-electron chi connectivity index (χ2n) is 8.79. The topological polar surface area (TPSA) is 86.7 Å². The Morgan fingerprint density at radius 1 is 0.895 bits per heavy atom. The van der Waals surface area contributed by atoms with Crippen molar-refractivity contribution in [2.75, 3.05) is 42.5 Å². The summed E-state index contributed by atoms with van der Waals surface area (Å²) < 4.78 is 66.5. The van der Waals surface area contributed by atoms with Crippen LogP contribution in [-0.2, 0) is 21.2 Å². The lowest BCUT2D eigenvalue weighted by atomic mass is 10.1. The van der Waals surface area contributed by atoms with Crippen LogP contribution in [-0.4, -0.2) is 67.7 Å². The molecule has 0 N–H and O–H groups in total. The maximum absolute atomic E-state index is 13.3. The van der Waals surface area contributed by atoms with Gasteiger partial charge in [0.1, 0.15) is 0 Å². The first kappa shape index (κ1) is 26.7. The molecule has 2 aromatic carbocycles. The number of halogens is 5. The van der Waals surface area contributed by atoms with Crippen LogP contribution in [0.5, 0.6) is 0 Å². The Hall–Kier alpha value is -2.93. The van der Waals surface area contributed by atoms with Gasteiger partial charge in [0.2, 0.25) is 10.0 Å². The number of piperazine rings is 1. The van der Waals surface area contributed by atoms with Crippen LogP contribution in [0.25, 0.3) is 11.3 Å². The van der Waals surface area contributed by atoms with E-state index in [2.05, 4.69) is 10.2 Å². The van der Waals surface area contributed by atoms with Crippen molar-refractivity contribution >= 4 is 50.6 Å². The van der Waals surface area contributed by atoms with Crippen LogP contribution in [0.1, 0.15) is 5.56 Å². The number of anilines is 2. The van der Waals surface area contributed by atoms with Gasteiger partial charge in [0.15, 0.2) is 5.82 Å². The molecule has 5 rings (SSSR count). The first-order valence-corrected chi connectivity index (χ1v) is 13.7. The SMILES string of the molecule is O=C(N1CCc2cc(S(=O)(=O)N3CCN(c4ccc(-c5ccc(Cl)cc5Cl)nn4)CC3)ccc21)C(F)(F)F. The number of amides is 1. The number of aromatic nitrogens is 2. The van der Waals surface area contributed by atoms with Gasteiger partial charge >= 0.3 is 12.1 Å². The van der Waals surface area contributed by atoms with Gasteiger partial charge in [-0.1, -0.05) is 23.2 Å². The third-order valence-corrected chi connectivity index (χ3v) is 8.93. The molecule has 0 spiro atoms. The molecule has 200 valence electrons. The van der Waals surface area contributed by atoms with E-state index in [0.717, 1.165) is 0 Å². The summed E-state index contributed by atoms with van der Waals surface area (Å²) in [6.07, 6.45) is -4.86. The summed E-state index contributed by atoms with van der Waals surface area (Å²) in [4.78, 5) is 14.2. The van der Waals surface area contributed by atoms with Crippen molar-refractivity contribution < 1.29 is 26.4 Å². The molecule has 3 heterocycles. The number of hydrogen-bond acceptors (Lipinski definition) is 6. The number of nitrogens with zero attached hydrogens (tertiary/aromatic N) is 5.